The molecule has 0 saturated carbocycles. The molecule has 0 radical (unpaired) electrons. The second-order valence-corrected chi connectivity index (χ2v) is 8.23. The summed E-state index contributed by atoms with van der Waals surface area (Å²) in [7, 11) is -1.56. The van der Waals surface area contributed by atoms with Crippen LogP contribution < -0.4 is 5.32 Å². The Hall–Kier alpha value is -1.41. The monoisotopic (exact) mass is 384 g/mol. The Labute approximate surface area is 155 Å². The predicted octanol–water partition coefficient (Wildman–Crippen LogP) is 1.97. The van der Waals surface area contributed by atoms with Crippen LogP contribution in [-0.4, -0.2) is 49.2 Å². The molecule has 1 saturated heterocycles. The molecule has 0 spiro atoms. The normalized spacial score (nSPS) is 18.7. The van der Waals surface area contributed by atoms with Crippen molar-refractivity contribution in [1.82, 2.24) is 19.4 Å². The number of aromatic nitrogens is 2. The van der Waals surface area contributed by atoms with Crippen molar-refractivity contribution in [2.45, 2.75) is 24.3 Å². The van der Waals surface area contributed by atoms with Gasteiger partial charge in [0.05, 0.1) is 12.7 Å². The van der Waals surface area contributed by atoms with Crippen LogP contribution in [0, 0.1) is 5.92 Å². The van der Waals surface area contributed by atoms with Crippen LogP contribution in [0.4, 0.5) is 0 Å². The van der Waals surface area contributed by atoms with E-state index in [2.05, 4.69) is 10.4 Å². The lowest BCUT2D eigenvalue weighted by molar-refractivity contribution is 0.263. The first-order chi connectivity index (χ1) is 11.6. The van der Waals surface area contributed by atoms with Gasteiger partial charge in [-0.1, -0.05) is 30.3 Å². The van der Waals surface area contributed by atoms with E-state index in [0.29, 0.717) is 25.6 Å². The van der Waals surface area contributed by atoms with Crippen LogP contribution >= 0.6 is 12.4 Å². The third-order valence-electron chi connectivity index (χ3n) is 4.41. The highest BCUT2D eigenvalue weighted by Gasteiger charge is 2.30. The molecule has 138 valence electrons. The third kappa shape index (κ3) is 4.82. The SMILES string of the molecule is CNCC1CCCN(S(=O)(=O)c2cnn(Cc3ccccc3)c2)C1.Cl. The Morgan fingerprint density at radius 1 is 1.28 bits per heavy atom. The van der Waals surface area contributed by atoms with Gasteiger partial charge in [0.25, 0.3) is 0 Å². The second kappa shape index (κ2) is 8.80. The molecule has 1 atom stereocenters. The van der Waals surface area contributed by atoms with Crippen LogP contribution in [0.2, 0.25) is 0 Å². The van der Waals surface area contributed by atoms with E-state index in [0.717, 1.165) is 24.9 Å². The van der Waals surface area contributed by atoms with Gasteiger partial charge in [-0.15, -0.1) is 12.4 Å². The average molecular weight is 385 g/mol. The second-order valence-electron chi connectivity index (χ2n) is 6.29. The van der Waals surface area contributed by atoms with Gasteiger partial charge < -0.3 is 5.32 Å². The van der Waals surface area contributed by atoms with E-state index in [4.69, 9.17) is 0 Å². The molecule has 8 heteroatoms. The molecule has 3 rings (SSSR count). The summed E-state index contributed by atoms with van der Waals surface area (Å²) in [4.78, 5) is 0.281. The molecule has 1 unspecified atom stereocenters. The summed E-state index contributed by atoms with van der Waals surface area (Å²) in [6, 6.07) is 9.89. The van der Waals surface area contributed by atoms with E-state index in [1.807, 2.05) is 37.4 Å². The lowest BCUT2D eigenvalue weighted by Crippen LogP contribution is -2.42. The smallest absolute Gasteiger partial charge is 0.246 e. The number of benzene rings is 1. The summed E-state index contributed by atoms with van der Waals surface area (Å²) in [5.41, 5.74) is 1.09. The highest BCUT2D eigenvalue weighted by Crippen LogP contribution is 2.23. The Balaban J connectivity index is 0.00000225. The number of nitrogens with one attached hydrogen (secondary N) is 1. The van der Waals surface area contributed by atoms with E-state index in [1.165, 1.54) is 6.20 Å². The summed E-state index contributed by atoms with van der Waals surface area (Å²) in [6.45, 7) is 2.58. The Morgan fingerprint density at radius 3 is 2.76 bits per heavy atom. The number of rotatable bonds is 6. The Kier molecular flexibility index (Phi) is 7.01. The van der Waals surface area contributed by atoms with E-state index in [-0.39, 0.29) is 17.3 Å². The minimum Gasteiger partial charge on any atom is -0.319 e. The fourth-order valence-corrected chi connectivity index (χ4v) is 4.69. The van der Waals surface area contributed by atoms with E-state index in [9.17, 15) is 8.42 Å². The van der Waals surface area contributed by atoms with Crippen molar-refractivity contribution < 1.29 is 8.42 Å². The van der Waals surface area contributed by atoms with Gasteiger partial charge in [0, 0.05) is 19.3 Å². The maximum Gasteiger partial charge on any atom is 0.246 e. The van der Waals surface area contributed by atoms with E-state index < -0.39 is 10.0 Å². The first-order valence-electron chi connectivity index (χ1n) is 8.30. The summed E-state index contributed by atoms with van der Waals surface area (Å²) < 4.78 is 29.0. The predicted molar refractivity (Wildman–Crippen MR) is 100 cm³/mol. The van der Waals surface area contributed by atoms with Crippen LogP contribution in [-0.2, 0) is 16.6 Å². The molecule has 2 aromatic rings. The highest BCUT2D eigenvalue weighted by molar-refractivity contribution is 7.89. The summed E-state index contributed by atoms with van der Waals surface area (Å²) >= 11 is 0. The van der Waals surface area contributed by atoms with Gasteiger partial charge in [-0.25, -0.2) is 8.42 Å². The zero-order valence-electron chi connectivity index (χ0n) is 14.3. The molecule has 0 aliphatic carbocycles. The molecule has 6 nitrogen and oxygen atoms in total. The van der Waals surface area contributed by atoms with Crippen molar-refractivity contribution in [3.8, 4) is 0 Å². The van der Waals surface area contributed by atoms with Crippen LogP contribution in [0.5, 0.6) is 0 Å². The lowest BCUT2D eigenvalue weighted by atomic mass is 10.00. The van der Waals surface area contributed by atoms with Crippen LogP contribution in [0.1, 0.15) is 18.4 Å². The Morgan fingerprint density at radius 2 is 2.04 bits per heavy atom. The maximum atomic E-state index is 12.9. The molecule has 1 aliphatic heterocycles. The van der Waals surface area contributed by atoms with Gasteiger partial charge in [-0.2, -0.15) is 9.40 Å². The molecular weight excluding hydrogens is 360 g/mol. The van der Waals surface area contributed by atoms with Crippen molar-refractivity contribution in [2.24, 2.45) is 5.92 Å². The van der Waals surface area contributed by atoms with Gasteiger partial charge >= 0.3 is 0 Å². The molecular formula is C17H25ClN4O2S. The minimum absolute atomic E-state index is 0. The number of sulfonamides is 1. The van der Waals surface area contributed by atoms with Gasteiger partial charge in [0.1, 0.15) is 4.90 Å². The van der Waals surface area contributed by atoms with Gasteiger partial charge in [-0.3, -0.25) is 4.68 Å². The van der Waals surface area contributed by atoms with E-state index in [1.54, 1.807) is 15.2 Å². The topological polar surface area (TPSA) is 67.2 Å². The first-order valence-corrected chi connectivity index (χ1v) is 9.75. The summed E-state index contributed by atoms with van der Waals surface area (Å²) in [5, 5.41) is 7.37. The van der Waals surface area contributed by atoms with Crippen LogP contribution in [0.3, 0.4) is 0 Å². The lowest BCUT2D eigenvalue weighted by Gasteiger charge is -2.31. The van der Waals surface area contributed by atoms with Crippen LogP contribution in [0.15, 0.2) is 47.6 Å². The fraction of sp³-hybridized carbons (Fsp3) is 0.471. The van der Waals surface area contributed by atoms with Gasteiger partial charge in [0.2, 0.25) is 10.0 Å². The number of nitrogens with zero attached hydrogens (tertiary/aromatic N) is 3. The zero-order chi connectivity index (χ0) is 17.0. The average Bonchev–Trinajstić information content (AvgIpc) is 3.06. The number of halogens is 1. The standard InChI is InChI=1S/C17H24N4O2S.ClH/c1-18-10-16-8-5-9-21(13-16)24(22,23)17-11-19-20(14-17)12-15-6-3-2-4-7-15;/h2-4,6-7,11,14,16,18H,5,8-10,12-13H2,1H3;1H. The fourth-order valence-electron chi connectivity index (χ4n) is 3.18. The number of hydrogen-bond donors (Lipinski definition) is 1. The maximum absolute atomic E-state index is 12.9. The number of hydrogen-bond acceptors (Lipinski definition) is 4. The number of piperidine rings is 1. The van der Waals surface area contributed by atoms with E-state index >= 15 is 0 Å². The van der Waals surface area contributed by atoms with Gasteiger partial charge in [-0.05, 0) is 37.9 Å². The molecule has 0 amide bonds. The molecule has 1 aromatic heterocycles. The van der Waals surface area contributed by atoms with Crippen molar-refractivity contribution >= 4 is 22.4 Å². The van der Waals surface area contributed by atoms with Gasteiger partial charge in [0.15, 0.2) is 0 Å². The molecule has 25 heavy (non-hydrogen) atoms. The van der Waals surface area contributed by atoms with Crippen molar-refractivity contribution in [3.05, 3.63) is 48.3 Å². The molecule has 1 N–H and O–H groups in total. The summed E-state index contributed by atoms with van der Waals surface area (Å²) in [5.74, 6) is 0.373. The van der Waals surface area contributed by atoms with Crippen molar-refractivity contribution in [1.29, 1.82) is 0 Å². The highest BCUT2D eigenvalue weighted by atomic mass is 35.5. The molecule has 2 heterocycles. The van der Waals surface area contributed by atoms with Crippen molar-refractivity contribution in [3.63, 3.8) is 0 Å². The van der Waals surface area contributed by atoms with Crippen molar-refractivity contribution in [2.75, 3.05) is 26.7 Å². The minimum atomic E-state index is -3.46. The summed E-state index contributed by atoms with van der Waals surface area (Å²) in [6.07, 6.45) is 5.06. The largest absolute Gasteiger partial charge is 0.319 e. The zero-order valence-corrected chi connectivity index (χ0v) is 16.0. The molecule has 1 aliphatic rings. The first kappa shape index (κ1) is 19.9. The van der Waals surface area contributed by atoms with Crippen LogP contribution in [0.25, 0.3) is 0 Å². The molecule has 0 bridgehead atoms. The molecule has 1 fully saturated rings. The Bertz CT molecular complexity index is 762. The third-order valence-corrected chi connectivity index (χ3v) is 6.23. The molecule has 1 aromatic carbocycles. The quantitative estimate of drug-likeness (QED) is 0.826.